The van der Waals surface area contributed by atoms with E-state index >= 15 is 0 Å². The van der Waals surface area contributed by atoms with Crippen LogP contribution < -0.4 is 5.32 Å². The summed E-state index contributed by atoms with van der Waals surface area (Å²) in [6, 6.07) is 5.05. The number of carbonyl (C=O) groups is 1. The summed E-state index contributed by atoms with van der Waals surface area (Å²) in [4.78, 5) is 11.8. The molecule has 0 aromatic heterocycles. The van der Waals surface area contributed by atoms with Gasteiger partial charge in [0.05, 0.1) is 6.61 Å². The number of rotatable bonds is 4. The highest BCUT2D eigenvalue weighted by Crippen LogP contribution is 2.19. The molecule has 1 unspecified atom stereocenters. The molecular weight excluding hydrogens is 293 g/mol. The van der Waals surface area contributed by atoms with Crippen LogP contribution in [0.1, 0.15) is 17.3 Å². The van der Waals surface area contributed by atoms with E-state index in [0.29, 0.717) is 17.2 Å². The van der Waals surface area contributed by atoms with E-state index in [9.17, 15) is 4.79 Å². The van der Waals surface area contributed by atoms with E-state index in [4.69, 9.17) is 16.3 Å². The lowest BCUT2D eigenvalue weighted by Crippen LogP contribution is -2.35. The smallest absolute Gasteiger partial charge is 0.251 e. The number of hydrogen-bond acceptors (Lipinski definition) is 2. The molecule has 5 heteroatoms. The number of ether oxygens (including phenoxy) is 1. The van der Waals surface area contributed by atoms with Gasteiger partial charge in [-0.15, -0.1) is 0 Å². The second-order valence-electron chi connectivity index (χ2n) is 3.49. The first kappa shape index (κ1) is 13.5. The highest BCUT2D eigenvalue weighted by Gasteiger charge is 2.10. The molecular formula is C11H13BrClNO2. The zero-order valence-corrected chi connectivity index (χ0v) is 11.4. The van der Waals surface area contributed by atoms with Crippen molar-refractivity contribution >= 4 is 33.4 Å². The molecule has 0 aliphatic carbocycles. The maximum absolute atomic E-state index is 11.8. The Kier molecular flexibility index (Phi) is 5.25. The quantitative estimate of drug-likeness (QED) is 0.929. The molecule has 1 aromatic rings. The van der Waals surface area contributed by atoms with Gasteiger partial charge in [-0.3, -0.25) is 4.79 Å². The Morgan fingerprint density at radius 2 is 2.25 bits per heavy atom. The fourth-order valence-corrected chi connectivity index (χ4v) is 2.14. The third-order valence-electron chi connectivity index (χ3n) is 1.92. The number of methoxy groups -OCH3 is 1. The van der Waals surface area contributed by atoms with Crippen LogP contribution in [-0.2, 0) is 4.74 Å². The standard InChI is InChI=1S/C11H13BrClNO2/c1-7(6-16-2)14-11(15)8-3-9(12)5-10(13)4-8/h3-5,7H,6H2,1-2H3,(H,14,15). The molecule has 1 N–H and O–H groups in total. The molecule has 1 rings (SSSR count). The molecule has 0 heterocycles. The highest BCUT2D eigenvalue weighted by molar-refractivity contribution is 9.10. The number of amides is 1. The molecule has 0 aliphatic heterocycles. The van der Waals surface area contributed by atoms with Crippen molar-refractivity contribution in [2.45, 2.75) is 13.0 Å². The average Bonchev–Trinajstić information content (AvgIpc) is 2.16. The predicted molar refractivity (Wildman–Crippen MR) is 68.0 cm³/mol. The van der Waals surface area contributed by atoms with Gasteiger partial charge in [0.1, 0.15) is 0 Å². The molecule has 3 nitrogen and oxygen atoms in total. The van der Waals surface area contributed by atoms with Gasteiger partial charge in [-0.1, -0.05) is 27.5 Å². The monoisotopic (exact) mass is 305 g/mol. The van der Waals surface area contributed by atoms with Crippen molar-refractivity contribution in [2.75, 3.05) is 13.7 Å². The molecule has 0 spiro atoms. The maximum Gasteiger partial charge on any atom is 0.251 e. The zero-order valence-electron chi connectivity index (χ0n) is 9.09. The van der Waals surface area contributed by atoms with Gasteiger partial charge < -0.3 is 10.1 Å². The summed E-state index contributed by atoms with van der Waals surface area (Å²) in [6.45, 7) is 2.36. The number of nitrogens with one attached hydrogen (secondary N) is 1. The summed E-state index contributed by atoms with van der Waals surface area (Å²) in [7, 11) is 1.60. The molecule has 1 amide bonds. The predicted octanol–water partition coefficient (Wildman–Crippen LogP) is 2.87. The molecule has 0 saturated carbocycles. The minimum atomic E-state index is -0.159. The second-order valence-corrected chi connectivity index (χ2v) is 4.84. The molecule has 0 radical (unpaired) electrons. The summed E-state index contributed by atoms with van der Waals surface area (Å²) in [5.41, 5.74) is 0.530. The van der Waals surface area contributed by atoms with Crippen LogP contribution >= 0.6 is 27.5 Å². The minimum Gasteiger partial charge on any atom is -0.383 e. The van der Waals surface area contributed by atoms with Crippen LogP contribution in [0.2, 0.25) is 5.02 Å². The van der Waals surface area contributed by atoms with Crippen molar-refractivity contribution in [3.05, 3.63) is 33.3 Å². The molecule has 0 fully saturated rings. The van der Waals surface area contributed by atoms with Crippen LogP contribution in [0.3, 0.4) is 0 Å². The van der Waals surface area contributed by atoms with E-state index in [1.807, 2.05) is 6.92 Å². The van der Waals surface area contributed by atoms with Crippen LogP contribution in [0.25, 0.3) is 0 Å². The van der Waals surface area contributed by atoms with E-state index in [0.717, 1.165) is 4.47 Å². The van der Waals surface area contributed by atoms with E-state index in [1.165, 1.54) is 0 Å². The van der Waals surface area contributed by atoms with Gasteiger partial charge in [0.15, 0.2) is 0 Å². The fourth-order valence-electron chi connectivity index (χ4n) is 1.28. The van der Waals surface area contributed by atoms with Gasteiger partial charge >= 0.3 is 0 Å². The van der Waals surface area contributed by atoms with E-state index in [1.54, 1.807) is 25.3 Å². The van der Waals surface area contributed by atoms with Crippen molar-refractivity contribution in [3.8, 4) is 0 Å². The lowest BCUT2D eigenvalue weighted by Gasteiger charge is -2.12. The van der Waals surface area contributed by atoms with Gasteiger partial charge in [0.25, 0.3) is 5.91 Å². The van der Waals surface area contributed by atoms with Gasteiger partial charge in [-0.05, 0) is 25.1 Å². The molecule has 1 atom stereocenters. The lowest BCUT2D eigenvalue weighted by molar-refractivity contribution is 0.0905. The van der Waals surface area contributed by atoms with Crippen molar-refractivity contribution in [1.29, 1.82) is 0 Å². The molecule has 0 saturated heterocycles. The van der Waals surface area contributed by atoms with Crippen molar-refractivity contribution < 1.29 is 9.53 Å². The lowest BCUT2D eigenvalue weighted by atomic mass is 10.2. The van der Waals surface area contributed by atoms with Crippen molar-refractivity contribution in [1.82, 2.24) is 5.32 Å². The Morgan fingerprint density at radius 1 is 1.56 bits per heavy atom. The van der Waals surface area contributed by atoms with Gasteiger partial charge in [0, 0.05) is 28.2 Å². The summed E-state index contributed by atoms with van der Waals surface area (Å²) in [5.74, 6) is -0.159. The Hall–Kier alpha value is -0.580. The fraction of sp³-hybridized carbons (Fsp3) is 0.364. The average molecular weight is 307 g/mol. The second kappa shape index (κ2) is 6.23. The highest BCUT2D eigenvalue weighted by atomic mass is 79.9. The third kappa shape index (κ3) is 4.12. The number of benzene rings is 1. The maximum atomic E-state index is 11.8. The first-order chi connectivity index (χ1) is 7.52. The summed E-state index contributed by atoms with van der Waals surface area (Å²) in [5, 5.41) is 3.33. The summed E-state index contributed by atoms with van der Waals surface area (Å²) < 4.78 is 5.72. The van der Waals surface area contributed by atoms with Gasteiger partial charge in [-0.25, -0.2) is 0 Å². The van der Waals surface area contributed by atoms with Crippen LogP contribution in [0.5, 0.6) is 0 Å². The SMILES string of the molecule is COCC(C)NC(=O)c1cc(Cl)cc(Br)c1. The number of hydrogen-bond donors (Lipinski definition) is 1. The van der Waals surface area contributed by atoms with Gasteiger partial charge in [-0.2, -0.15) is 0 Å². The van der Waals surface area contributed by atoms with E-state index < -0.39 is 0 Å². The largest absolute Gasteiger partial charge is 0.383 e. The Morgan fingerprint density at radius 3 is 2.81 bits per heavy atom. The van der Waals surface area contributed by atoms with Gasteiger partial charge in [0.2, 0.25) is 0 Å². The number of carbonyl (C=O) groups excluding carboxylic acids is 1. The summed E-state index contributed by atoms with van der Waals surface area (Å²) in [6.07, 6.45) is 0. The summed E-state index contributed by atoms with van der Waals surface area (Å²) >= 11 is 9.15. The van der Waals surface area contributed by atoms with Crippen LogP contribution in [0, 0.1) is 0 Å². The number of halogens is 2. The van der Waals surface area contributed by atoms with Crippen molar-refractivity contribution in [3.63, 3.8) is 0 Å². The Labute approximate surface area is 108 Å². The Balaban J connectivity index is 2.72. The normalized spacial score (nSPS) is 12.2. The van der Waals surface area contributed by atoms with E-state index in [-0.39, 0.29) is 11.9 Å². The van der Waals surface area contributed by atoms with E-state index in [2.05, 4.69) is 21.2 Å². The van der Waals surface area contributed by atoms with Crippen LogP contribution in [0.4, 0.5) is 0 Å². The molecule has 0 aliphatic rings. The van der Waals surface area contributed by atoms with Crippen LogP contribution in [0.15, 0.2) is 22.7 Å². The first-order valence-electron chi connectivity index (χ1n) is 4.79. The zero-order chi connectivity index (χ0) is 12.1. The third-order valence-corrected chi connectivity index (χ3v) is 2.59. The molecule has 88 valence electrons. The Bertz CT molecular complexity index is 364. The van der Waals surface area contributed by atoms with Crippen LogP contribution in [-0.4, -0.2) is 25.7 Å². The molecule has 0 bridgehead atoms. The molecule has 1 aromatic carbocycles. The van der Waals surface area contributed by atoms with Crippen molar-refractivity contribution in [2.24, 2.45) is 0 Å². The topological polar surface area (TPSA) is 38.3 Å². The first-order valence-corrected chi connectivity index (χ1v) is 5.96. The molecule has 16 heavy (non-hydrogen) atoms. The minimum absolute atomic E-state index is 0.0322.